The van der Waals surface area contributed by atoms with E-state index < -0.39 is 5.60 Å². The van der Waals surface area contributed by atoms with E-state index in [4.69, 9.17) is 9.94 Å². The van der Waals surface area contributed by atoms with Gasteiger partial charge in [-0.25, -0.2) is 0 Å². The van der Waals surface area contributed by atoms with Crippen LogP contribution in [0.1, 0.15) is 75.8 Å². The molecule has 0 aliphatic heterocycles. The van der Waals surface area contributed by atoms with Crippen LogP contribution in [0.15, 0.2) is 52.2 Å². The van der Waals surface area contributed by atoms with Crippen LogP contribution in [-0.4, -0.2) is 41.1 Å². The minimum Gasteiger partial charge on any atom is -0.411 e. The topological polar surface area (TPSA) is 79.1 Å². The molecule has 2 N–H and O–H groups in total. The maximum Gasteiger partial charge on any atom is 0.156 e. The lowest BCUT2D eigenvalue weighted by atomic mass is 9.51. The van der Waals surface area contributed by atoms with Gasteiger partial charge in [0.1, 0.15) is 0 Å². The molecule has 0 heterocycles. The minimum absolute atomic E-state index is 0.203. The fourth-order valence-electron chi connectivity index (χ4n) is 7.44. The largest absolute Gasteiger partial charge is 0.411 e. The van der Waals surface area contributed by atoms with Crippen molar-refractivity contribution in [3.63, 3.8) is 0 Å². The Balaban J connectivity index is 1.62. The Morgan fingerprint density at radius 2 is 1.97 bits per heavy atom. The van der Waals surface area contributed by atoms with Crippen molar-refractivity contribution in [3.8, 4) is 0 Å². The number of allylic oxidation sites excluding steroid dienone is 4. The van der Waals surface area contributed by atoms with Crippen LogP contribution in [0.5, 0.6) is 0 Å². The van der Waals surface area contributed by atoms with Gasteiger partial charge in [0.15, 0.2) is 5.78 Å². The Morgan fingerprint density at radius 3 is 2.70 bits per heavy atom. The van der Waals surface area contributed by atoms with Crippen LogP contribution in [0, 0.1) is 17.3 Å². The molecule has 5 heteroatoms. The van der Waals surface area contributed by atoms with Crippen LogP contribution in [-0.2, 0) is 9.53 Å². The predicted molar refractivity (Wildman–Crippen MR) is 128 cm³/mol. The second-order valence-corrected chi connectivity index (χ2v) is 10.6. The van der Waals surface area contributed by atoms with Crippen LogP contribution in [0.4, 0.5) is 0 Å². The highest BCUT2D eigenvalue weighted by molar-refractivity contribution is 5.93. The fraction of sp³-hybridized carbons (Fsp3) is 0.571. The third-order valence-electron chi connectivity index (χ3n) is 9.15. The standard InChI is InChI=1S/C28H35NO4/c1-3-33-17-28(31)13-12-25-23-10-8-20-14-21(30)9-11-22(20)26(23)24(15-27(25,28)2)19-6-4-18(5-7-19)16-29-32/h4-7,14,16,23-25,31-32H,3,8-13,15,17H2,1-2H3/b29-16+/t23-,24+,25-,27-,28+/m0/s1. The highest BCUT2D eigenvalue weighted by atomic mass is 16.5. The number of carbonyl (C=O) groups excluding carboxylic acids is 1. The zero-order valence-electron chi connectivity index (χ0n) is 19.7. The smallest absolute Gasteiger partial charge is 0.156 e. The number of hydrogen-bond donors (Lipinski definition) is 2. The van der Waals surface area contributed by atoms with Crippen molar-refractivity contribution in [1.29, 1.82) is 0 Å². The SMILES string of the molecule is CCOC[C@]1(O)CC[C@H]2[C@@H]3CCC4=CC(=O)CCC4=C3[C@@H](c3ccc(/C=N/O)cc3)C[C@@]21C. The van der Waals surface area contributed by atoms with E-state index in [1.165, 1.54) is 28.5 Å². The van der Waals surface area contributed by atoms with Gasteiger partial charge >= 0.3 is 0 Å². The van der Waals surface area contributed by atoms with E-state index in [9.17, 15) is 9.90 Å². The van der Waals surface area contributed by atoms with Crippen LogP contribution in [0.25, 0.3) is 0 Å². The third-order valence-corrected chi connectivity index (χ3v) is 9.15. The van der Waals surface area contributed by atoms with Crippen LogP contribution in [0.3, 0.4) is 0 Å². The first kappa shape index (κ1) is 22.5. The first-order valence-corrected chi connectivity index (χ1v) is 12.4. The minimum atomic E-state index is -0.815. The third kappa shape index (κ3) is 3.60. The molecule has 0 radical (unpaired) electrons. The van der Waals surface area contributed by atoms with E-state index in [2.05, 4.69) is 24.2 Å². The lowest BCUT2D eigenvalue weighted by molar-refractivity contribution is -0.133. The van der Waals surface area contributed by atoms with Gasteiger partial charge in [-0.15, -0.1) is 0 Å². The number of hydrogen-bond acceptors (Lipinski definition) is 5. The molecule has 0 amide bonds. The van der Waals surface area contributed by atoms with E-state index in [1.807, 2.05) is 25.1 Å². The van der Waals surface area contributed by atoms with E-state index in [-0.39, 0.29) is 17.1 Å². The number of rotatable bonds is 5. The Hall–Kier alpha value is -2.24. The summed E-state index contributed by atoms with van der Waals surface area (Å²) in [4.78, 5) is 12.2. The molecule has 2 fully saturated rings. The molecule has 0 bridgehead atoms. The molecule has 176 valence electrons. The molecule has 0 unspecified atom stereocenters. The van der Waals surface area contributed by atoms with E-state index >= 15 is 0 Å². The molecule has 33 heavy (non-hydrogen) atoms. The van der Waals surface area contributed by atoms with Gasteiger partial charge in [-0.05, 0) is 85.6 Å². The quantitative estimate of drug-likeness (QED) is 0.370. The summed E-state index contributed by atoms with van der Waals surface area (Å²) < 4.78 is 5.81. The maximum atomic E-state index is 12.2. The molecular formula is C28H35NO4. The van der Waals surface area contributed by atoms with Crippen molar-refractivity contribution in [2.45, 2.75) is 70.3 Å². The zero-order valence-corrected chi connectivity index (χ0v) is 19.7. The fourth-order valence-corrected chi connectivity index (χ4v) is 7.44. The highest BCUT2D eigenvalue weighted by Crippen LogP contribution is 2.66. The van der Waals surface area contributed by atoms with Gasteiger partial charge in [-0.2, -0.15) is 0 Å². The van der Waals surface area contributed by atoms with Gasteiger partial charge in [-0.1, -0.05) is 41.9 Å². The molecule has 0 saturated heterocycles. The molecule has 1 aromatic carbocycles. The Labute approximate surface area is 196 Å². The zero-order chi connectivity index (χ0) is 23.2. The summed E-state index contributed by atoms with van der Waals surface area (Å²) in [5.74, 6) is 1.32. The number of ether oxygens (including phenoxy) is 1. The molecule has 2 saturated carbocycles. The average Bonchev–Trinajstić information content (AvgIpc) is 3.08. The molecule has 5 nitrogen and oxygen atoms in total. The van der Waals surface area contributed by atoms with E-state index in [0.29, 0.717) is 31.5 Å². The molecule has 5 atom stereocenters. The summed E-state index contributed by atoms with van der Waals surface area (Å²) in [6.07, 6.45) is 9.49. The van der Waals surface area contributed by atoms with E-state index in [0.717, 1.165) is 44.1 Å². The van der Waals surface area contributed by atoms with Gasteiger partial charge in [0.2, 0.25) is 0 Å². The predicted octanol–water partition coefficient (Wildman–Crippen LogP) is 5.16. The average molecular weight is 450 g/mol. The molecule has 0 spiro atoms. The number of benzene rings is 1. The molecule has 1 aromatic rings. The number of ketones is 1. The normalized spacial score (nSPS) is 35.9. The van der Waals surface area contributed by atoms with Crippen molar-refractivity contribution < 1.29 is 19.8 Å². The highest BCUT2D eigenvalue weighted by Gasteiger charge is 2.62. The molecule has 4 aliphatic rings. The molecule has 5 rings (SSSR count). The van der Waals surface area contributed by atoms with Crippen LogP contribution < -0.4 is 0 Å². The van der Waals surface area contributed by atoms with Crippen molar-refractivity contribution in [3.05, 3.63) is 58.2 Å². The summed E-state index contributed by atoms with van der Waals surface area (Å²) >= 11 is 0. The first-order chi connectivity index (χ1) is 15.9. The Kier molecular flexibility index (Phi) is 5.82. The second kappa shape index (κ2) is 8.52. The molecular weight excluding hydrogens is 414 g/mol. The second-order valence-electron chi connectivity index (χ2n) is 10.6. The Morgan fingerprint density at radius 1 is 1.18 bits per heavy atom. The number of carbonyl (C=O) groups is 1. The van der Waals surface area contributed by atoms with Crippen molar-refractivity contribution in [2.24, 2.45) is 22.4 Å². The Bertz CT molecular complexity index is 1020. The van der Waals surface area contributed by atoms with Gasteiger partial charge in [0.05, 0.1) is 18.4 Å². The number of aliphatic hydroxyl groups is 1. The van der Waals surface area contributed by atoms with Crippen molar-refractivity contribution >= 4 is 12.0 Å². The van der Waals surface area contributed by atoms with E-state index in [1.54, 1.807) is 0 Å². The van der Waals surface area contributed by atoms with Crippen molar-refractivity contribution in [1.82, 2.24) is 0 Å². The van der Waals surface area contributed by atoms with Gasteiger partial charge in [-0.3, -0.25) is 4.79 Å². The van der Waals surface area contributed by atoms with Crippen LogP contribution >= 0.6 is 0 Å². The maximum absolute atomic E-state index is 12.2. The lowest BCUT2D eigenvalue weighted by Crippen LogP contribution is -2.53. The summed E-state index contributed by atoms with van der Waals surface area (Å²) in [6, 6.07) is 8.26. The van der Waals surface area contributed by atoms with Gasteiger partial charge < -0.3 is 15.1 Å². The molecule has 4 aliphatic carbocycles. The first-order valence-electron chi connectivity index (χ1n) is 12.4. The summed E-state index contributed by atoms with van der Waals surface area (Å²) in [5.41, 5.74) is 5.24. The summed E-state index contributed by atoms with van der Waals surface area (Å²) in [6.45, 7) is 5.29. The molecule has 0 aromatic heterocycles. The summed E-state index contributed by atoms with van der Waals surface area (Å²) in [5, 5.41) is 23.9. The number of nitrogens with zero attached hydrogens (tertiary/aromatic N) is 1. The lowest BCUT2D eigenvalue weighted by Gasteiger charge is -2.54. The number of fused-ring (bicyclic) bond motifs is 4. The van der Waals surface area contributed by atoms with Crippen molar-refractivity contribution in [2.75, 3.05) is 13.2 Å². The monoisotopic (exact) mass is 449 g/mol. The number of oxime groups is 1. The van der Waals surface area contributed by atoms with Crippen LogP contribution in [0.2, 0.25) is 0 Å². The van der Waals surface area contributed by atoms with Gasteiger partial charge in [0.25, 0.3) is 0 Å². The van der Waals surface area contributed by atoms with Gasteiger partial charge in [0, 0.05) is 24.4 Å². The summed E-state index contributed by atoms with van der Waals surface area (Å²) in [7, 11) is 0.